The SMILES string of the molecule is O=C(Cn1ccc2ccccc21)N1CCOc2ccccc21. The molecule has 0 radical (unpaired) electrons. The Hall–Kier alpha value is -2.75. The van der Waals surface area contributed by atoms with E-state index in [0.717, 1.165) is 22.3 Å². The zero-order chi connectivity index (χ0) is 14.9. The summed E-state index contributed by atoms with van der Waals surface area (Å²) in [7, 11) is 0. The summed E-state index contributed by atoms with van der Waals surface area (Å²) in [5.74, 6) is 0.858. The number of fused-ring (bicyclic) bond motifs is 2. The van der Waals surface area contributed by atoms with Crippen LogP contribution in [0.5, 0.6) is 5.75 Å². The summed E-state index contributed by atoms with van der Waals surface area (Å²) in [4.78, 5) is 14.5. The maximum atomic E-state index is 12.7. The highest BCUT2D eigenvalue weighted by atomic mass is 16.5. The van der Waals surface area contributed by atoms with Crippen molar-refractivity contribution >= 4 is 22.5 Å². The van der Waals surface area contributed by atoms with Crippen LogP contribution in [0.3, 0.4) is 0 Å². The number of hydrogen-bond donors (Lipinski definition) is 0. The first-order chi connectivity index (χ1) is 10.8. The topological polar surface area (TPSA) is 34.5 Å². The van der Waals surface area contributed by atoms with Crippen LogP contribution in [-0.2, 0) is 11.3 Å². The highest BCUT2D eigenvalue weighted by Crippen LogP contribution is 2.31. The standard InChI is InChI=1S/C18H16N2O2/c21-18(13-19-10-9-14-5-1-2-6-15(14)19)20-11-12-22-17-8-4-3-7-16(17)20/h1-10H,11-13H2. The molecule has 22 heavy (non-hydrogen) atoms. The van der Waals surface area contributed by atoms with Crippen LogP contribution in [0, 0.1) is 0 Å². The Balaban J connectivity index is 1.63. The number of benzene rings is 2. The van der Waals surface area contributed by atoms with Crippen LogP contribution in [0.4, 0.5) is 5.69 Å². The second-order valence-electron chi connectivity index (χ2n) is 5.36. The van der Waals surface area contributed by atoms with Gasteiger partial charge in [0.2, 0.25) is 5.91 Å². The van der Waals surface area contributed by atoms with Gasteiger partial charge in [-0.05, 0) is 29.7 Å². The van der Waals surface area contributed by atoms with Gasteiger partial charge in [0.1, 0.15) is 18.9 Å². The minimum absolute atomic E-state index is 0.0807. The van der Waals surface area contributed by atoms with Crippen LogP contribution < -0.4 is 9.64 Å². The van der Waals surface area contributed by atoms with Crippen molar-refractivity contribution in [1.82, 2.24) is 4.57 Å². The van der Waals surface area contributed by atoms with E-state index in [0.29, 0.717) is 19.7 Å². The van der Waals surface area contributed by atoms with E-state index in [9.17, 15) is 4.79 Å². The Morgan fingerprint density at radius 2 is 1.86 bits per heavy atom. The molecule has 2 heterocycles. The number of carbonyl (C=O) groups excluding carboxylic acids is 1. The third kappa shape index (κ3) is 2.13. The molecular weight excluding hydrogens is 276 g/mol. The van der Waals surface area contributed by atoms with Gasteiger partial charge in [0.15, 0.2) is 0 Å². The first-order valence-electron chi connectivity index (χ1n) is 7.39. The van der Waals surface area contributed by atoms with Gasteiger partial charge in [0.25, 0.3) is 0 Å². The summed E-state index contributed by atoms with van der Waals surface area (Å²) in [5.41, 5.74) is 1.94. The van der Waals surface area contributed by atoms with Crippen LogP contribution in [0.1, 0.15) is 0 Å². The van der Waals surface area contributed by atoms with Crippen molar-refractivity contribution in [1.29, 1.82) is 0 Å². The molecule has 0 unspecified atom stereocenters. The quantitative estimate of drug-likeness (QED) is 0.727. The molecule has 2 aromatic carbocycles. The van der Waals surface area contributed by atoms with Crippen molar-refractivity contribution in [3.05, 3.63) is 60.8 Å². The molecule has 1 aliphatic rings. The van der Waals surface area contributed by atoms with Gasteiger partial charge < -0.3 is 14.2 Å². The summed E-state index contributed by atoms with van der Waals surface area (Å²) >= 11 is 0. The number of carbonyl (C=O) groups is 1. The van der Waals surface area contributed by atoms with Crippen LogP contribution in [-0.4, -0.2) is 23.6 Å². The Morgan fingerprint density at radius 1 is 1.05 bits per heavy atom. The van der Waals surface area contributed by atoms with E-state index in [-0.39, 0.29) is 5.91 Å². The van der Waals surface area contributed by atoms with Crippen molar-refractivity contribution in [3.63, 3.8) is 0 Å². The van der Waals surface area contributed by atoms with Gasteiger partial charge in [-0.15, -0.1) is 0 Å². The predicted octanol–water partition coefficient (Wildman–Crippen LogP) is 3.07. The summed E-state index contributed by atoms with van der Waals surface area (Å²) < 4.78 is 7.60. The Morgan fingerprint density at radius 3 is 2.82 bits per heavy atom. The molecular formula is C18H16N2O2. The fourth-order valence-corrected chi connectivity index (χ4v) is 2.94. The lowest BCUT2D eigenvalue weighted by Crippen LogP contribution is -2.39. The monoisotopic (exact) mass is 292 g/mol. The molecule has 3 aromatic rings. The summed E-state index contributed by atoms with van der Waals surface area (Å²) in [6.07, 6.45) is 1.97. The molecule has 0 aliphatic carbocycles. The van der Waals surface area contributed by atoms with Crippen LogP contribution >= 0.6 is 0 Å². The number of rotatable bonds is 2. The van der Waals surface area contributed by atoms with E-state index in [1.54, 1.807) is 0 Å². The van der Waals surface area contributed by atoms with E-state index in [1.165, 1.54) is 0 Å². The third-order valence-corrected chi connectivity index (χ3v) is 4.02. The van der Waals surface area contributed by atoms with Crippen molar-refractivity contribution in [3.8, 4) is 5.75 Å². The zero-order valence-electron chi connectivity index (χ0n) is 12.1. The molecule has 0 saturated carbocycles. The van der Waals surface area contributed by atoms with Crippen molar-refractivity contribution in [2.75, 3.05) is 18.1 Å². The second-order valence-corrected chi connectivity index (χ2v) is 5.36. The normalized spacial score (nSPS) is 13.7. The van der Waals surface area contributed by atoms with Gasteiger partial charge in [-0.1, -0.05) is 30.3 Å². The molecule has 0 N–H and O–H groups in total. The molecule has 0 saturated heterocycles. The molecule has 0 spiro atoms. The highest BCUT2D eigenvalue weighted by Gasteiger charge is 2.23. The Labute approximate surface area is 128 Å². The van der Waals surface area contributed by atoms with E-state index < -0.39 is 0 Å². The van der Waals surface area contributed by atoms with Crippen molar-refractivity contribution < 1.29 is 9.53 Å². The molecule has 0 bridgehead atoms. The molecule has 0 fully saturated rings. The number of nitrogens with zero attached hydrogens (tertiary/aromatic N) is 2. The lowest BCUT2D eigenvalue weighted by molar-refractivity contribution is -0.119. The van der Waals surface area contributed by atoms with Crippen molar-refractivity contribution in [2.45, 2.75) is 6.54 Å². The molecule has 1 aromatic heterocycles. The van der Waals surface area contributed by atoms with E-state index in [1.807, 2.05) is 64.2 Å². The molecule has 1 amide bonds. The van der Waals surface area contributed by atoms with Gasteiger partial charge >= 0.3 is 0 Å². The number of hydrogen-bond acceptors (Lipinski definition) is 2. The van der Waals surface area contributed by atoms with E-state index in [4.69, 9.17) is 4.74 Å². The summed E-state index contributed by atoms with van der Waals surface area (Å²) in [5, 5.41) is 1.15. The van der Waals surface area contributed by atoms with Crippen molar-refractivity contribution in [2.24, 2.45) is 0 Å². The maximum Gasteiger partial charge on any atom is 0.247 e. The molecule has 4 heteroatoms. The summed E-state index contributed by atoms with van der Waals surface area (Å²) in [6.45, 7) is 1.46. The fourth-order valence-electron chi connectivity index (χ4n) is 2.94. The number of anilines is 1. The largest absolute Gasteiger partial charge is 0.490 e. The fraction of sp³-hybridized carbons (Fsp3) is 0.167. The minimum Gasteiger partial charge on any atom is -0.490 e. The molecule has 110 valence electrons. The Bertz CT molecular complexity index is 838. The van der Waals surface area contributed by atoms with Gasteiger partial charge in [0, 0.05) is 11.7 Å². The molecule has 4 nitrogen and oxygen atoms in total. The van der Waals surface area contributed by atoms with Gasteiger partial charge in [-0.3, -0.25) is 4.79 Å². The Kier molecular flexibility index (Phi) is 3.07. The molecule has 1 aliphatic heterocycles. The second kappa shape index (κ2) is 5.22. The zero-order valence-corrected chi connectivity index (χ0v) is 12.1. The maximum absolute atomic E-state index is 12.7. The average molecular weight is 292 g/mol. The highest BCUT2D eigenvalue weighted by molar-refractivity contribution is 5.96. The van der Waals surface area contributed by atoms with Crippen LogP contribution in [0.15, 0.2) is 60.8 Å². The van der Waals surface area contributed by atoms with Gasteiger partial charge in [0.05, 0.1) is 12.2 Å². The lowest BCUT2D eigenvalue weighted by atomic mass is 10.2. The summed E-state index contributed by atoms with van der Waals surface area (Å²) in [6, 6.07) is 17.8. The van der Waals surface area contributed by atoms with E-state index >= 15 is 0 Å². The molecule has 0 atom stereocenters. The lowest BCUT2D eigenvalue weighted by Gasteiger charge is -2.29. The number of aromatic nitrogens is 1. The number of para-hydroxylation sites is 3. The predicted molar refractivity (Wildman–Crippen MR) is 86.2 cm³/mol. The molecule has 4 rings (SSSR count). The third-order valence-electron chi connectivity index (χ3n) is 4.02. The first-order valence-corrected chi connectivity index (χ1v) is 7.39. The minimum atomic E-state index is 0.0807. The number of ether oxygens (including phenoxy) is 1. The van der Waals surface area contributed by atoms with Gasteiger partial charge in [-0.2, -0.15) is 0 Å². The van der Waals surface area contributed by atoms with Crippen LogP contribution in [0.2, 0.25) is 0 Å². The smallest absolute Gasteiger partial charge is 0.247 e. The first kappa shape index (κ1) is 13.0. The van der Waals surface area contributed by atoms with Gasteiger partial charge in [-0.25, -0.2) is 0 Å². The average Bonchev–Trinajstić information content (AvgIpc) is 2.97. The van der Waals surface area contributed by atoms with E-state index in [2.05, 4.69) is 6.07 Å². The van der Waals surface area contributed by atoms with Crippen LogP contribution in [0.25, 0.3) is 10.9 Å². The number of amides is 1.